The Morgan fingerprint density at radius 1 is 1.32 bits per heavy atom. The van der Waals surface area contributed by atoms with Gasteiger partial charge in [0.15, 0.2) is 5.96 Å². The van der Waals surface area contributed by atoms with Crippen molar-refractivity contribution in [2.24, 2.45) is 4.99 Å². The third kappa shape index (κ3) is 7.20. The average Bonchev–Trinajstić information content (AvgIpc) is 2.81. The van der Waals surface area contributed by atoms with Gasteiger partial charge in [0.25, 0.3) is 0 Å². The standard InChI is InChI=1S/C15H29N5OS/c1-6-16-15(17-7-8-20(4)9-10-21-5)18-11-14-19-12(2)13(3)22-14/h6-11H2,1-5H3,(H2,16,17,18). The highest BCUT2D eigenvalue weighted by molar-refractivity contribution is 7.11. The lowest BCUT2D eigenvalue weighted by molar-refractivity contribution is 0.162. The van der Waals surface area contributed by atoms with Crippen LogP contribution in [0.2, 0.25) is 0 Å². The van der Waals surface area contributed by atoms with Crippen molar-refractivity contribution in [3.05, 3.63) is 15.6 Å². The highest BCUT2D eigenvalue weighted by atomic mass is 32.1. The molecule has 0 atom stereocenters. The summed E-state index contributed by atoms with van der Waals surface area (Å²) in [7, 11) is 3.82. The molecule has 1 aromatic rings. The first-order valence-electron chi connectivity index (χ1n) is 7.69. The number of hydrogen-bond acceptors (Lipinski definition) is 5. The summed E-state index contributed by atoms with van der Waals surface area (Å²) in [6, 6.07) is 0. The number of likely N-dealkylation sites (N-methyl/N-ethyl adjacent to an activating group) is 1. The molecule has 7 heteroatoms. The minimum absolute atomic E-state index is 0.619. The third-order valence-electron chi connectivity index (χ3n) is 3.25. The summed E-state index contributed by atoms with van der Waals surface area (Å²) >= 11 is 1.72. The summed E-state index contributed by atoms with van der Waals surface area (Å²) in [6.07, 6.45) is 0. The van der Waals surface area contributed by atoms with Crippen LogP contribution in [0.5, 0.6) is 0 Å². The molecule has 2 N–H and O–H groups in total. The van der Waals surface area contributed by atoms with Gasteiger partial charge in [-0.1, -0.05) is 0 Å². The number of nitrogens with one attached hydrogen (secondary N) is 2. The van der Waals surface area contributed by atoms with Gasteiger partial charge in [0, 0.05) is 38.2 Å². The molecule has 0 aliphatic carbocycles. The number of thiazole rings is 1. The van der Waals surface area contributed by atoms with Gasteiger partial charge in [0.2, 0.25) is 0 Å². The van der Waals surface area contributed by atoms with Gasteiger partial charge in [0.05, 0.1) is 18.8 Å². The molecule has 0 unspecified atom stereocenters. The molecule has 0 bridgehead atoms. The highest BCUT2D eigenvalue weighted by Gasteiger charge is 2.04. The molecule has 1 heterocycles. The van der Waals surface area contributed by atoms with Crippen LogP contribution in [0.1, 0.15) is 22.5 Å². The fourth-order valence-electron chi connectivity index (χ4n) is 1.82. The number of nitrogens with zero attached hydrogens (tertiary/aromatic N) is 3. The molecule has 0 aliphatic rings. The summed E-state index contributed by atoms with van der Waals surface area (Å²) in [4.78, 5) is 12.6. The maximum atomic E-state index is 5.07. The van der Waals surface area contributed by atoms with Gasteiger partial charge in [-0.2, -0.15) is 0 Å². The van der Waals surface area contributed by atoms with Crippen LogP contribution in [0.25, 0.3) is 0 Å². The fourth-order valence-corrected chi connectivity index (χ4v) is 2.68. The van der Waals surface area contributed by atoms with Gasteiger partial charge in [-0.15, -0.1) is 11.3 Å². The first-order valence-corrected chi connectivity index (χ1v) is 8.51. The normalized spacial score (nSPS) is 12.0. The fraction of sp³-hybridized carbons (Fsp3) is 0.733. The molecule has 0 saturated carbocycles. The average molecular weight is 327 g/mol. The van der Waals surface area contributed by atoms with Crippen LogP contribution in [0.3, 0.4) is 0 Å². The van der Waals surface area contributed by atoms with Gasteiger partial charge >= 0.3 is 0 Å². The lowest BCUT2D eigenvalue weighted by atomic mass is 10.4. The third-order valence-corrected chi connectivity index (χ3v) is 4.31. The number of ether oxygens (including phenoxy) is 1. The van der Waals surface area contributed by atoms with Crippen LogP contribution in [-0.4, -0.2) is 62.8 Å². The first-order chi connectivity index (χ1) is 10.6. The van der Waals surface area contributed by atoms with Crippen molar-refractivity contribution in [2.75, 3.05) is 46.9 Å². The van der Waals surface area contributed by atoms with E-state index in [2.05, 4.69) is 46.4 Å². The Morgan fingerprint density at radius 3 is 2.68 bits per heavy atom. The van der Waals surface area contributed by atoms with Gasteiger partial charge in [0.1, 0.15) is 5.01 Å². The Labute approximate surface area is 138 Å². The Balaban J connectivity index is 2.41. The molecular formula is C15H29N5OS. The number of hydrogen-bond donors (Lipinski definition) is 2. The molecule has 0 radical (unpaired) electrons. The van der Waals surface area contributed by atoms with Crippen molar-refractivity contribution in [3.63, 3.8) is 0 Å². The zero-order chi connectivity index (χ0) is 16.4. The minimum atomic E-state index is 0.619. The number of guanidine groups is 1. The van der Waals surface area contributed by atoms with E-state index in [9.17, 15) is 0 Å². The maximum absolute atomic E-state index is 5.07. The van der Waals surface area contributed by atoms with E-state index in [-0.39, 0.29) is 0 Å². The highest BCUT2D eigenvalue weighted by Crippen LogP contribution is 2.16. The zero-order valence-electron chi connectivity index (χ0n) is 14.4. The second-order valence-electron chi connectivity index (χ2n) is 5.17. The van der Waals surface area contributed by atoms with Gasteiger partial charge in [-0.05, 0) is 27.8 Å². The van der Waals surface area contributed by atoms with Gasteiger partial charge in [-0.3, -0.25) is 0 Å². The molecule has 0 aliphatic heterocycles. The van der Waals surface area contributed by atoms with Crippen molar-refractivity contribution >= 4 is 17.3 Å². The number of aryl methyl sites for hydroxylation is 2. The predicted octanol–water partition coefficient (Wildman–Crippen LogP) is 1.39. The van der Waals surface area contributed by atoms with E-state index >= 15 is 0 Å². The molecule has 126 valence electrons. The van der Waals surface area contributed by atoms with E-state index in [4.69, 9.17) is 4.74 Å². The van der Waals surface area contributed by atoms with E-state index in [1.54, 1.807) is 18.4 Å². The smallest absolute Gasteiger partial charge is 0.191 e. The van der Waals surface area contributed by atoms with Crippen molar-refractivity contribution in [1.82, 2.24) is 20.5 Å². The number of aliphatic imine (C=N–C) groups is 1. The summed E-state index contributed by atoms with van der Waals surface area (Å²) < 4.78 is 5.07. The monoisotopic (exact) mass is 327 g/mol. The Hall–Kier alpha value is -1.18. The molecule has 0 aromatic carbocycles. The summed E-state index contributed by atoms with van der Waals surface area (Å²) in [6.45, 7) is 11.2. The van der Waals surface area contributed by atoms with E-state index < -0.39 is 0 Å². The quantitative estimate of drug-likeness (QED) is 0.530. The molecule has 0 spiro atoms. The lowest BCUT2D eigenvalue weighted by Crippen LogP contribution is -2.41. The summed E-state index contributed by atoms with van der Waals surface area (Å²) in [5.41, 5.74) is 1.10. The molecule has 1 aromatic heterocycles. The molecule has 22 heavy (non-hydrogen) atoms. The zero-order valence-corrected chi connectivity index (χ0v) is 15.2. The maximum Gasteiger partial charge on any atom is 0.191 e. The second kappa shape index (κ2) is 10.5. The van der Waals surface area contributed by atoms with Crippen molar-refractivity contribution in [2.45, 2.75) is 27.3 Å². The van der Waals surface area contributed by atoms with Crippen LogP contribution in [0.4, 0.5) is 0 Å². The Bertz CT molecular complexity index is 441. The van der Waals surface area contributed by atoms with Crippen LogP contribution < -0.4 is 10.6 Å². The summed E-state index contributed by atoms with van der Waals surface area (Å²) in [5.74, 6) is 0.841. The predicted molar refractivity (Wildman–Crippen MR) is 93.8 cm³/mol. The van der Waals surface area contributed by atoms with E-state index in [1.807, 2.05) is 6.92 Å². The van der Waals surface area contributed by atoms with Crippen LogP contribution in [0.15, 0.2) is 4.99 Å². The second-order valence-corrected chi connectivity index (χ2v) is 6.45. The van der Waals surface area contributed by atoms with Gasteiger partial charge < -0.3 is 20.3 Å². The van der Waals surface area contributed by atoms with Crippen molar-refractivity contribution in [3.8, 4) is 0 Å². The largest absolute Gasteiger partial charge is 0.383 e. The molecule has 1 rings (SSSR count). The Kier molecular flexibility index (Phi) is 9.03. The number of methoxy groups -OCH3 is 1. The SMILES string of the molecule is CCNC(=NCc1nc(C)c(C)s1)NCCN(C)CCOC. The minimum Gasteiger partial charge on any atom is -0.383 e. The lowest BCUT2D eigenvalue weighted by Gasteiger charge is -2.17. The van der Waals surface area contributed by atoms with Crippen molar-refractivity contribution < 1.29 is 4.74 Å². The topological polar surface area (TPSA) is 61.8 Å². The molecular weight excluding hydrogens is 298 g/mol. The van der Waals surface area contributed by atoms with Crippen LogP contribution in [-0.2, 0) is 11.3 Å². The Morgan fingerprint density at radius 2 is 2.09 bits per heavy atom. The first kappa shape index (κ1) is 18.9. The number of rotatable bonds is 9. The molecule has 0 saturated heterocycles. The summed E-state index contributed by atoms with van der Waals surface area (Å²) in [5, 5.41) is 7.68. The van der Waals surface area contributed by atoms with E-state index in [0.29, 0.717) is 6.54 Å². The molecule has 0 amide bonds. The molecule has 6 nitrogen and oxygen atoms in total. The van der Waals surface area contributed by atoms with Crippen LogP contribution >= 0.6 is 11.3 Å². The van der Waals surface area contributed by atoms with E-state index in [0.717, 1.165) is 49.4 Å². The van der Waals surface area contributed by atoms with Crippen LogP contribution in [0, 0.1) is 13.8 Å². The van der Waals surface area contributed by atoms with E-state index in [1.165, 1.54) is 4.88 Å². The number of aromatic nitrogens is 1. The van der Waals surface area contributed by atoms with Crippen molar-refractivity contribution in [1.29, 1.82) is 0 Å². The molecule has 0 fully saturated rings. The van der Waals surface area contributed by atoms with Gasteiger partial charge in [-0.25, -0.2) is 9.98 Å².